The summed E-state index contributed by atoms with van der Waals surface area (Å²) in [5.74, 6) is -1.50. The number of halogens is 1. The van der Waals surface area contributed by atoms with Gasteiger partial charge < -0.3 is 16.2 Å². The average molecular weight is 299 g/mol. The molecule has 4 N–H and O–H groups in total. The van der Waals surface area contributed by atoms with Crippen LogP contribution in [0.25, 0.3) is 0 Å². The van der Waals surface area contributed by atoms with E-state index >= 15 is 0 Å². The van der Waals surface area contributed by atoms with E-state index in [0.29, 0.717) is 5.02 Å². The highest BCUT2D eigenvalue weighted by Crippen LogP contribution is 2.31. The maximum atomic E-state index is 12.3. The minimum absolute atomic E-state index is 0.0200. The molecule has 20 heavy (non-hydrogen) atoms. The van der Waals surface area contributed by atoms with E-state index in [-0.39, 0.29) is 17.2 Å². The molecule has 1 rings (SSSR count). The van der Waals surface area contributed by atoms with Gasteiger partial charge >= 0.3 is 5.97 Å². The molecule has 0 aliphatic heterocycles. The maximum Gasteiger partial charge on any atom is 0.337 e. The van der Waals surface area contributed by atoms with Gasteiger partial charge in [-0.15, -0.1) is 0 Å². The third kappa shape index (κ3) is 3.29. The number of nitrogens with two attached hydrogens (primary N) is 1. The normalized spacial score (nSPS) is 12.1. The largest absolute Gasteiger partial charge is 0.478 e. The molecular formula is C14H19ClN2O3. The number of carbonyl (C=O) groups excluding carboxylic acids is 1. The van der Waals surface area contributed by atoms with Gasteiger partial charge in [0.1, 0.15) is 0 Å². The first-order valence-corrected chi connectivity index (χ1v) is 6.48. The summed E-state index contributed by atoms with van der Waals surface area (Å²) in [6.45, 7) is 6.88. The minimum atomic E-state index is -1.14. The number of hydrogen-bond donors (Lipinski definition) is 3. The number of hydrogen-bond acceptors (Lipinski definition) is 3. The van der Waals surface area contributed by atoms with Crippen molar-refractivity contribution in [1.29, 1.82) is 0 Å². The Morgan fingerprint density at radius 2 is 1.80 bits per heavy atom. The third-order valence-electron chi connectivity index (χ3n) is 3.64. The first-order valence-electron chi connectivity index (χ1n) is 6.10. The Kier molecular flexibility index (Phi) is 4.46. The van der Waals surface area contributed by atoms with Crippen molar-refractivity contribution < 1.29 is 14.7 Å². The number of aromatic carboxylic acids is 1. The number of amides is 1. The number of rotatable bonds is 4. The van der Waals surface area contributed by atoms with E-state index in [1.54, 1.807) is 27.7 Å². The fourth-order valence-electron chi connectivity index (χ4n) is 1.38. The molecular weight excluding hydrogens is 280 g/mol. The van der Waals surface area contributed by atoms with E-state index in [1.807, 2.05) is 0 Å². The molecule has 1 amide bonds. The maximum absolute atomic E-state index is 12.3. The molecule has 0 aliphatic rings. The molecule has 0 radical (unpaired) electrons. The van der Waals surface area contributed by atoms with Crippen LogP contribution in [0.1, 0.15) is 38.1 Å². The SMILES string of the molecule is CC(C)(N)C(C)(C)C(=O)Nc1cc(Cl)ccc1C(=O)O. The molecule has 0 bridgehead atoms. The Balaban J connectivity index is 3.14. The molecule has 0 aromatic heterocycles. The van der Waals surface area contributed by atoms with Gasteiger partial charge in [0.15, 0.2) is 0 Å². The van der Waals surface area contributed by atoms with Crippen LogP contribution in [0, 0.1) is 5.41 Å². The fraction of sp³-hybridized carbons (Fsp3) is 0.429. The molecule has 0 saturated carbocycles. The molecule has 0 atom stereocenters. The summed E-state index contributed by atoms with van der Waals surface area (Å²) in [6.07, 6.45) is 0. The van der Waals surface area contributed by atoms with E-state index in [1.165, 1.54) is 18.2 Å². The molecule has 1 aromatic carbocycles. The van der Waals surface area contributed by atoms with Crippen LogP contribution in [0.2, 0.25) is 5.02 Å². The Morgan fingerprint density at radius 3 is 2.25 bits per heavy atom. The highest BCUT2D eigenvalue weighted by atomic mass is 35.5. The highest BCUT2D eigenvalue weighted by Gasteiger charge is 2.40. The predicted octanol–water partition coefficient (Wildman–Crippen LogP) is 2.74. The second-order valence-corrected chi connectivity index (χ2v) is 6.23. The summed E-state index contributed by atoms with van der Waals surface area (Å²) >= 11 is 5.84. The average Bonchev–Trinajstić information content (AvgIpc) is 2.26. The lowest BCUT2D eigenvalue weighted by atomic mass is 9.74. The smallest absolute Gasteiger partial charge is 0.337 e. The van der Waals surface area contributed by atoms with Crippen molar-refractivity contribution in [2.24, 2.45) is 11.1 Å². The van der Waals surface area contributed by atoms with Crippen LogP contribution in [0.3, 0.4) is 0 Å². The van der Waals surface area contributed by atoms with Crippen LogP contribution in [0.4, 0.5) is 5.69 Å². The van der Waals surface area contributed by atoms with Crippen LogP contribution in [-0.4, -0.2) is 22.5 Å². The molecule has 5 nitrogen and oxygen atoms in total. The predicted molar refractivity (Wildman–Crippen MR) is 79.1 cm³/mol. The summed E-state index contributed by atoms with van der Waals surface area (Å²) < 4.78 is 0. The Labute approximate surface area is 123 Å². The topological polar surface area (TPSA) is 92.4 Å². The van der Waals surface area contributed by atoms with Gasteiger partial charge in [-0.05, 0) is 45.9 Å². The zero-order chi connectivity index (χ0) is 15.7. The molecule has 110 valence electrons. The zero-order valence-electron chi connectivity index (χ0n) is 12.0. The first kappa shape index (κ1) is 16.5. The lowest BCUT2D eigenvalue weighted by molar-refractivity contribution is -0.126. The van der Waals surface area contributed by atoms with Crippen molar-refractivity contribution in [3.05, 3.63) is 28.8 Å². The molecule has 0 heterocycles. The quantitative estimate of drug-likeness (QED) is 0.797. The Bertz CT molecular complexity index is 548. The summed E-state index contributed by atoms with van der Waals surface area (Å²) in [5, 5.41) is 12.1. The number of benzene rings is 1. The van der Waals surface area contributed by atoms with Crippen LogP contribution in [0.15, 0.2) is 18.2 Å². The van der Waals surface area contributed by atoms with E-state index in [0.717, 1.165) is 0 Å². The van der Waals surface area contributed by atoms with Crippen LogP contribution >= 0.6 is 11.6 Å². The third-order valence-corrected chi connectivity index (χ3v) is 3.87. The van der Waals surface area contributed by atoms with Crippen molar-refractivity contribution in [2.45, 2.75) is 33.2 Å². The lowest BCUT2D eigenvalue weighted by Crippen LogP contribution is -2.53. The number of carboxylic acid groups (broad SMARTS) is 1. The van der Waals surface area contributed by atoms with E-state index in [2.05, 4.69) is 5.32 Å². The molecule has 0 saturated heterocycles. The van der Waals surface area contributed by atoms with Crippen LogP contribution < -0.4 is 11.1 Å². The van der Waals surface area contributed by atoms with E-state index in [9.17, 15) is 9.59 Å². The van der Waals surface area contributed by atoms with Crippen LogP contribution in [-0.2, 0) is 4.79 Å². The van der Waals surface area contributed by atoms with Crippen molar-refractivity contribution in [3.63, 3.8) is 0 Å². The first-order chi connectivity index (χ1) is 8.96. The summed E-state index contributed by atoms with van der Waals surface area (Å²) in [5.41, 5.74) is 4.48. The molecule has 1 aromatic rings. The fourth-order valence-corrected chi connectivity index (χ4v) is 1.55. The Hall–Kier alpha value is -1.59. The molecule has 0 fully saturated rings. The second-order valence-electron chi connectivity index (χ2n) is 5.80. The Morgan fingerprint density at radius 1 is 1.25 bits per heavy atom. The van der Waals surface area contributed by atoms with Gasteiger partial charge in [-0.2, -0.15) is 0 Å². The number of anilines is 1. The molecule has 0 aliphatic carbocycles. The van der Waals surface area contributed by atoms with Crippen molar-refractivity contribution in [3.8, 4) is 0 Å². The van der Waals surface area contributed by atoms with Gasteiger partial charge in [-0.3, -0.25) is 4.79 Å². The summed E-state index contributed by atoms with van der Waals surface area (Å²) in [7, 11) is 0. The monoisotopic (exact) mass is 298 g/mol. The standard InChI is InChI=1S/C14H19ClN2O3/c1-13(2,14(3,4)16)12(20)17-10-7-8(15)5-6-9(10)11(18)19/h5-7H,16H2,1-4H3,(H,17,20)(H,18,19). The van der Waals surface area contributed by atoms with Gasteiger partial charge in [0.2, 0.25) is 5.91 Å². The lowest BCUT2D eigenvalue weighted by Gasteiger charge is -2.37. The van der Waals surface area contributed by atoms with Gasteiger partial charge in [0, 0.05) is 10.6 Å². The minimum Gasteiger partial charge on any atom is -0.478 e. The number of carboxylic acids is 1. The second kappa shape index (κ2) is 5.42. The van der Waals surface area contributed by atoms with Gasteiger partial charge in [-0.25, -0.2) is 4.79 Å². The van der Waals surface area contributed by atoms with Crippen LogP contribution in [0.5, 0.6) is 0 Å². The van der Waals surface area contributed by atoms with Gasteiger partial charge in [-0.1, -0.05) is 11.6 Å². The summed E-state index contributed by atoms with van der Waals surface area (Å²) in [6, 6.07) is 4.21. The van der Waals surface area contributed by atoms with E-state index < -0.39 is 16.9 Å². The van der Waals surface area contributed by atoms with E-state index in [4.69, 9.17) is 22.4 Å². The number of nitrogens with one attached hydrogen (secondary N) is 1. The zero-order valence-corrected chi connectivity index (χ0v) is 12.7. The molecule has 0 unspecified atom stereocenters. The highest BCUT2D eigenvalue weighted by molar-refractivity contribution is 6.31. The summed E-state index contributed by atoms with van der Waals surface area (Å²) in [4.78, 5) is 23.5. The molecule has 6 heteroatoms. The van der Waals surface area contributed by atoms with Crippen molar-refractivity contribution in [2.75, 3.05) is 5.32 Å². The van der Waals surface area contributed by atoms with Gasteiger partial charge in [0.25, 0.3) is 0 Å². The van der Waals surface area contributed by atoms with Gasteiger partial charge in [0.05, 0.1) is 16.7 Å². The molecule has 0 spiro atoms. The number of carbonyl (C=O) groups is 2. The van der Waals surface area contributed by atoms with Crippen molar-refractivity contribution >= 4 is 29.2 Å². The van der Waals surface area contributed by atoms with Crippen molar-refractivity contribution in [1.82, 2.24) is 0 Å².